The van der Waals surface area contributed by atoms with Crippen LogP contribution >= 0.6 is 0 Å². The molecule has 0 radical (unpaired) electrons. The maximum Gasteiger partial charge on any atom is 0.222 e. The van der Waals surface area contributed by atoms with Crippen molar-refractivity contribution >= 4 is 11.8 Å². The van der Waals surface area contributed by atoms with Crippen molar-refractivity contribution in [1.29, 1.82) is 0 Å². The molecular weight excluding hydrogens is 334 g/mol. The number of allylic oxidation sites excluding steroid dienone is 2. The summed E-state index contributed by atoms with van der Waals surface area (Å²) in [6.45, 7) is 3.37. The SMILES string of the molecule is Nc1nc2c(c(N3C[C@H]4CCCN[C@H]4C3)n1)CCCC1C3C=CC(CC3)C21. The molecule has 5 nitrogen and oxygen atoms in total. The number of fused-ring (bicyclic) bond motifs is 3. The van der Waals surface area contributed by atoms with Gasteiger partial charge in [0.05, 0.1) is 5.69 Å². The summed E-state index contributed by atoms with van der Waals surface area (Å²) in [5, 5.41) is 3.73. The summed E-state index contributed by atoms with van der Waals surface area (Å²) in [4.78, 5) is 12.2. The van der Waals surface area contributed by atoms with Gasteiger partial charge in [0, 0.05) is 30.6 Å². The largest absolute Gasteiger partial charge is 0.368 e. The van der Waals surface area contributed by atoms with Crippen LogP contribution in [0, 0.1) is 23.7 Å². The van der Waals surface area contributed by atoms with Crippen molar-refractivity contribution in [2.24, 2.45) is 23.7 Å². The summed E-state index contributed by atoms with van der Waals surface area (Å²) in [6.07, 6.45) is 14.0. The van der Waals surface area contributed by atoms with E-state index in [0.717, 1.165) is 43.8 Å². The standard InChI is InChI=1S/C22H31N5/c23-22-25-20-17(5-1-4-16-13-6-8-14(9-7-13)19(16)20)21(26-22)27-11-15-3-2-10-24-18(15)12-27/h6,8,13-16,18-19,24H,1-5,7,9-12H2,(H2,23,25,26)/t13?,14?,15-,16?,18+,19?/m1/s1. The molecule has 0 amide bonds. The molecule has 1 aromatic rings. The van der Waals surface area contributed by atoms with Gasteiger partial charge in [-0.05, 0) is 75.2 Å². The van der Waals surface area contributed by atoms with Gasteiger partial charge in [0.25, 0.3) is 0 Å². The third-order valence-corrected chi connectivity index (χ3v) is 8.12. The average Bonchev–Trinajstić information content (AvgIpc) is 3.03. The van der Waals surface area contributed by atoms with E-state index in [4.69, 9.17) is 15.7 Å². The summed E-state index contributed by atoms with van der Waals surface area (Å²) in [5.74, 6) is 5.15. The van der Waals surface area contributed by atoms with Crippen molar-refractivity contribution in [3.8, 4) is 0 Å². The van der Waals surface area contributed by atoms with Gasteiger partial charge in [-0.1, -0.05) is 12.2 Å². The molecule has 4 unspecified atom stereocenters. The molecule has 2 bridgehead atoms. The Bertz CT molecular complexity index is 760. The van der Waals surface area contributed by atoms with Crippen molar-refractivity contribution in [2.45, 2.75) is 56.9 Å². The fourth-order valence-corrected chi connectivity index (χ4v) is 6.92. The Kier molecular flexibility index (Phi) is 3.75. The zero-order valence-corrected chi connectivity index (χ0v) is 16.1. The molecule has 5 heteroatoms. The highest BCUT2D eigenvalue weighted by atomic mass is 15.3. The molecule has 3 heterocycles. The molecule has 4 aliphatic carbocycles. The van der Waals surface area contributed by atoms with Crippen LogP contribution in [-0.2, 0) is 6.42 Å². The van der Waals surface area contributed by atoms with Gasteiger partial charge in [-0.3, -0.25) is 0 Å². The van der Waals surface area contributed by atoms with Crippen LogP contribution in [0.2, 0.25) is 0 Å². The quantitative estimate of drug-likeness (QED) is 0.749. The Balaban J connectivity index is 1.41. The van der Waals surface area contributed by atoms with Gasteiger partial charge in [-0.2, -0.15) is 4.98 Å². The Morgan fingerprint density at radius 1 is 1.00 bits per heavy atom. The van der Waals surface area contributed by atoms with E-state index in [9.17, 15) is 0 Å². The first-order valence-corrected chi connectivity index (χ1v) is 11.1. The van der Waals surface area contributed by atoms with Crippen molar-refractivity contribution in [2.75, 3.05) is 30.3 Å². The molecule has 144 valence electrons. The Labute approximate surface area is 161 Å². The Morgan fingerprint density at radius 2 is 1.89 bits per heavy atom. The number of hydrogen-bond donors (Lipinski definition) is 2. The number of piperidine rings is 1. The maximum absolute atomic E-state index is 6.29. The van der Waals surface area contributed by atoms with Crippen molar-refractivity contribution in [3.05, 3.63) is 23.4 Å². The van der Waals surface area contributed by atoms with Crippen LogP contribution in [0.25, 0.3) is 0 Å². The Hall–Kier alpha value is -1.62. The molecule has 7 rings (SSSR count). The first-order valence-electron chi connectivity index (χ1n) is 11.1. The van der Waals surface area contributed by atoms with Crippen LogP contribution in [0.4, 0.5) is 11.8 Å². The van der Waals surface area contributed by atoms with E-state index in [1.54, 1.807) is 0 Å². The number of nitrogens with zero attached hydrogens (tertiary/aromatic N) is 3. The van der Waals surface area contributed by atoms with Crippen LogP contribution in [-0.4, -0.2) is 35.6 Å². The highest BCUT2D eigenvalue weighted by Gasteiger charge is 2.45. The molecule has 27 heavy (non-hydrogen) atoms. The molecule has 6 atom stereocenters. The van der Waals surface area contributed by atoms with Gasteiger partial charge in [-0.25, -0.2) is 4.98 Å². The van der Waals surface area contributed by atoms with E-state index in [2.05, 4.69) is 22.4 Å². The van der Waals surface area contributed by atoms with Gasteiger partial charge in [0.1, 0.15) is 5.82 Å². The molecule has 1 saturated carbocycles. The van der Waals surface area contributed by atoms with Gasteiger partial charge in [0.15, 0.2) is 0 Å². The minimum absolute atomic E-state index is 0.484. The maximum atomic E-state index is 6.29. The minimum Gasteiger partial charge on any atom is -0.368 e. The van der Waals surface area contributed by atoms with Crippen LogP contribution in [0.3, 0.4) is 0 Å². The molecular formula is C22H31N5. The van der Waals surface area contributed by atoms with Gasteiger partial charge < -0.3 is 16.0 Å². The number of aromatic nitrogens is 2. The van der Waals surface area contributed by atoms with Crippen molar-refractivity contribution < 1.29 is 0 Å². The van der Waals surface area contributed by atoms with E-state index in [1.165, 1.54) is 55.6 Å². The highest BCUT2D eigenvalue weighted by molar-refractivity contribution is 5.55. The van der Waals surface area contributed by atoms with Crippen LogP contribution in [0.1, 0.15) is 55.7 Å². The number of nitrogens with two attached hydrogens (primary N) is 1. The fraction of sp³-hybridized carbons (Fsp3) is 0.727. The van der Waals surface area contributed by atoms with Crippen LogP contribution < -0.4 is 16.0 Å². The molecule has 0 aromatic carbocycles. The number of rotatable bonds is 1. The zero-order valence-electron chi connectivity index (χ0n) is 16.1. The average molecular weight is 366 g/mol. The van der Waals surface area contributed by atoms with Crippen molar-refractivity contribution in [3.63, 3.8) is 0 Å². The van der Waals surface area contributed by atoms with E-state index < -0.39 is 0 Å². The Morgan fingerprint density at radius 3 is 2.74 bits per heavy atom. The lowest BCUT2D eigenvalue weighted by atomic mass is 9.60. The third kappa shape index (κ3) is 2.54. The van der Waals surface area contributed by atoms with Crippen LogP contribution in [0.5, 0.6) is 0 Å². The van der Waals surface area contributed by atoms with E-state index >= 15 is 0 Å². The number of hydrogen-bond acceptors (Lipinski definition) is 5. The smallest absolute Gasteiger partial charge is 0.222 e. The molecule has 3 fully saturated rings. The zero-order chi connectivity index (χ0) is 18.0. The van der Waals surface area contributed by atoms with Gasteiger partial charge in [0.2, 0.25) is 5.95 Å². The highest BCUT2D eigenvalue weighted by Crippen LogP contribution is 2.54. The molecule has 1 aromatic heterocycles. The summed E-state index contributed by atoms with van der Waals surface area (Å²) in [6, 6.07) is 0.623. The molecule has 3 N–H and O–H groups in total. The van der Waals surface area contributed by atoms with E-state index in [1.807, 2.05) is 0 Å². The van der Waals surface area contributed by atoms with E-state index in [0.29, 0.717) is 23.8 Å². The predicted molar refractivity (Wildman–Crippen MR) is 108 cm³/mol. The van der Waals surface area contributed by atoms with Gasteiger partial charge >= 0.3 is 0 Å². The normalized spacial score (nSPS) is 39.6. The first kappa shape index (κ1) is 16.3. The van der Waals surface area contributed by atoms with Crippen molar-refractivity contribution in [1.82, 2.24) is 15.3 Å². The topological polar surface area (TPSA) is 67.1 Å². The predicted octanol–water partition coefficient (Wildman–Crippen LogP) is 2.88. The second kappa shape index (κ2) is 6.20. The lowest BCUT2D eigenvalue weighted by Gasteiger charge is -2.44. The summed E-state index contributed by atoms with van der Waals surface area (Å²) in [5.41, 5.74) is 9.02. The summed E-state index contributed by atoms with van der Waals surface area (Å²) in [7, 11) is 0. The first-order chi connectivity index (χ1) is 13.3. The number of nitrogens with one attached hydrogen (secondary N) is 1. The molecule has 2 saturated heterocycles. The second-order valence-electron chi connectivity index (χ2n) is 9.51. The third-order valence-electron chi connectivity index (χ3n) is 8.12. The minimum atomic E-state index is 0.484. The van der Waals surface area contributed by atoms with E-state index in [-0.39, 0.29) is 0 Å². The monoisotopic (exact) mass is 365 g/mol. The van der Waals surface area contributed by atoms with Crippen LogP contribution in [0.15, 0.2) is 12.2 Å². The second-order valence-corrected chi connectivity index (χ2v) is 9.51. The fourth-order valence-electron chi connectivity index (χ4n) is 6.92. The molecule has 6 aliphatic rings. The summed E-state index contributed by atoms with van der Waals surface area (Å²) < 4.78 is 0. The number of nitrogen functional groups attached to an aromatic ring is 1. The van der Waals surface area contributed by atoms with Gasteiger partial charge in [-0.15, -0.1) is 0 Å². The lowest BCUT2D eigenvalue weighted by Crippen LogP contribution is -2.40. The number of anilines is 2. The molecule has 2 aliphatic heterocycles. The lowest BCUT2D eigenvalue weighted by molar-refractivity contribution is 0.169. The summed E-state index contributed by atoms with van der Waals surface area (Å²) >= 11 is 0. The molecule has 0 spiro atoms.